The highest BCUT2D eigenvalue weighted by Crippen LogP contribution is 2.21. The fourth-order valence-corrected chi connectivity index (χ4v) is 3.11. The van der Waals surface area contributed by atoms with E-state index in [0.717, 1.165) is 21.7 Å². The van der Waals surface area contributed by atoms with Crippen LogP contribution in [0.4, 0.5) is 10.7 Å². The smallest absolute Gasteiger partial charge is 0.280 e. The Labute approximate surface area is 151 Å². The van der Waals surface area contributed by atoms with Gasteiger partial charge in [0.05, 0.1) is 12.6 Å². The lowest BCUT2D eigenvalue weighted by molar-refractivity contribution is -0.862. The minimum Gasteiger partial charge on any atom is -0.322 e. The summed E-state index contributed by atoms with van der Waals surface area (Å²) < 4.78 is 0. The van der Waals surface area contributed by atoms with Crippen LogP contribution < -0.4 is 15.5 Å². The molecule has 2 amide bonds. The first-order valence-corrected chi connectivity index (χ1v) is 8.73. The van der Waals surface area contributed by atoms with Crippen LogP contribution in [0, 0.1) is 25.2 Å². The summed E-state index contributed by atoms with van der Waals surface area (Å²) in [4.78, 5) is 25.0. The van der Waals surface area contributed by atoms with Crippen molar-refractivity contribution in [3.05, 3.63) is 46.3 Å². The van der Waals surface area contributed by atoms with Gasteiger partial charge in [-0.2, -0.15) is 5.26 Å². The lowest BCUT2D eigenvalue weighted by atomic mass is 10.1. The monoisotopic (exact) mass is 357 g/mol. The number of nitrogens with one attached hydrogen (secondary N) is 3. The van der Waals surface area contributed by atoms with Crippen LogP contribution in [0.3, 0.4) is 0 Å². The number of likely N-dealkylation sites (N-methyl/N-ethyl adjacent to an activating group) is 1. The second-order valence-electron chi connectivity index (χ2n) is 5.93. The van der Waals surface area contributed by atoms with E-state index < -0.39 is 0 Å². The Morgan fingerprint density at radius 2 is 1.84 bits per heavy atom. The van der Waals surface area contributed by atoms with Crippen molar-refractivity contribution in [2.24, 2.45) is 0 Å². The minimum atomic E-state index is -0.226. The Kier molecular flexibility index (Phi) is 6.28. The molecule has 0 aliphatic heterocycles. The first-order chi connectivity index (χ1) is 11.9. The summed E-state index contributed by atoms with van der Waals surface area (Å²) >= 11 is 1.31. The van der Waals surface area contributed by atoms with Gasteiger partial charge in [-0.05, 0) is 42.5 Å². The number of nitriles is 1. The van der Waals surface area contributed by atoms with Crippen LogP contribution >= 0.6 is 11.3 Å². The zero-order chi connectivity index (χ0) is 18.4. The van der Waals surface area contributed by atoms with E-state index in [4.69, 9.17) is 5.26 Å². The van der Waals surface area contributed by atoms with Crippen LogP contribution in [0.25, 0.3) is 0 Å². The molecule has 0 aliphatic rings. The van der Waals surface area contributed by atoms with E-state index in [1.54, 1.807) is 18.5 Å². The molecule has 25 heavy (non-hydrogen) atoms. The van der Waals surface area contributed by atoms with Crippen LogP contribution in [0.15, 0.2) is 29.6 Å². The molecule has 3 N–H and O–H groups in total. The number of thiophene rings is 1. The zero-order valence-electron chi connectivity index (χ0n) is 14.5. The number of hydrogen-bond donors (Lipinski definition) is 3. The average Bonchev–Trinajstić information content (AvgIpc) is 2.98. The third-order valence-electron chi connectivity index (χ3n) is 3.84. The largest absolute Gasteiger partial charge is 0.322 e. The molecule has 0 spiro atoms. The van der Waals surface area contributed by atoms with Crippen molar-refractivity contribution < 1.29 is 14.5 Å². The van der Waals surface area contributed by atoms with Gasteiger partial charge in [0, 0.05) is 5.69 Å². The summed E-state index contributed by atoms with van der Waals surface area (Å²) in [6.45, 7) is 4.27. The van der Waals surface area contributed by atoms with Gasteiger partial charge in [-0.25, -0.2) is 0 Å². The number of benzene rings is 1. The fourth-order valence-electron chi connectivity index (χ4n) is 2.36. The van der Waals surface area contributed by atoms with Crippen molar-refractivity contribution in [2.75, 3.05) is 30.8 Å². The van der Waals surface area contributed by atoms with E-state index in [-0.39, 0.29) is 24.9 Å². The molecule has 0 radical (unpaired) electrons. The molecule has 1 aromatic heterocycles. The average molecular weight is 357 g/mol. The molecule has 1 unspecified atom stereocenters. The van der Waals surface area contributed by atoms with Gasteiger partial charge in [0.15, 0.2) is 13.1 Å². The fraction of sp³-hybridized carbons (Fsp3) is 0.278. The number of nitrogens with zero attached hydrogens (tertiary/aromatic N) is 1. The summed E-state index contributed by atoms with van der Waals surface area (Å²) in [6.07, 6.45) is 0. The first kappa shape index (κ1) is 18.6. The molecular weight excluding hydrogens is 336 g/mol. The predicted molar refractivity (Wildman–Crippen MR) is 98.8 cm³/mol. The van der Waals surface area contributed by atoms with Gasteiger partial charge in [0.2, 0.25) is 0 Å². The Morgan fingerprint density at radius 3 is 2.52 bits per heavy atom. The van der Waals surface area contributed by atoms with Crippen molar-refractivity contribution in [2.45, 2.75) is 13.8 Å². The van der Waals surface area contributed by atoms with Gasteiger partial charge in [-0.15, -0.1) is 11.3 Å². The number of rotatable bonds is 6. The Morgan fingerprint density at radius 1 is 1.16 bits per heavy atom. The maximum absolute atomic E-state index is 12.2. The van der Waals surface area contributed by atoms with E-state index in [1.165, 1.54) is 11.3 Å². The molecule has 0 saturated carbocycles. The molecule has 1 heterocycles. The van der Waals surface area contributed by atoms with Crippen LogP contribution in [-0.4, -0.2) is 32.0 Å². The predicted octanol–water partition coefficient (Wildman–Crippen LogP) is 1.33. The number of hydrogen-bond acceptors (Lipinski definition) is 4. The molecule has 0 bridgehead atoms. The normalized spacial score (nSPS) is 11.4. The molecule has 1 atom stereocenters. The van der Waals surface area contributed by atoms with E-state index in [1.807, 2.05) is 38.1 Å². The number of carbonyl (C=O) groups excluding carboxylic acids is 2. The molecule has 0 fully saturated rings. The topological polar surface area (TPSA) is 86.4 Å². The van der Waals surface area contributed by atoms with Crippen molar-refractivity contribution >= 4 is 33.8 Å². The van der Waals surface area contributed by atoms with Crippen molar-refractivity contribution in [1.82, 2.24) is 0 Å². The molecule has 7 heteroatoms. The Hall–Kier alpha value is -2.69. The van der Waals surface area contributed by atoms with Gasteiger partial charge in [-0.3, -0.25) is 9.59 Å². The highest BCUT2D eigenvalue weighted by Gasteiger charge is 2.16. The summed E-state index contributed by atoms with van der Waals surface area (Å²) in [7, 11) is 1.78. The molecule has 130 valence electrons. The molecular formula is C18H21N4O2S+. The Balaban J connectivity index is 1.86. The highest BCUT2D eigenvalue weighted by molar-refractivity contribution is 7.14. The summed E-state index contributed by atoms with van der Waals surface area (Å²) in [6, 6.07) is 9.44. The van der Waals surface area contributed by atoms with Gasteiger partial charge < -0.3 is 15.5 Å². The molecule has 1 aromatic carbocycles. The van der Waals surface area contributed by atoms with E-state index in [0.29, 0.717) is 10.6 Å². The standard InChI is InChI=1S/C18H20N4O2S/c1-12-5-4-6-15(13(12)2)20-16(23)10-22(3)11-17(24)21-18-14(9-19)7-8-25-18/h4-8H,10-11H2,1-3H3,(H,20,23)(H,21,24)/p+1. The van der Waals surface area contributed by atoms with Crippen molar-refractivity contribution in [3.8, 4) is 6.07 Å². The third kappa shape index (κ3) is 5.14. The number of carbonyl (C=O) groups is 2. The number of quaternary nitrogens is 1. The third-order valence-corrected chi connectivity index (χ3v) is 4.67. The molecule has 6 nitrogen and oxygen atoms in total. The zero-order valence-corrected chi connectivity index (χ0v) is 15.3. The van der Waals surface area contributed by atoms with Crippen LogP contribution in [0.5, 0.6) is 0 Å². The quantitative estimate of drug-likeness (QED) is 0.729. The molecule has 2 rings (SSSR count). The first-order valence-electron chi connectivity index (χ1n) is 7.85. The second kappa shape index (κ2) is 8.42. The molecule has 0 saturated heterocycles. The summed E-state index contributed by atoms with van der Waals surface area (Å²) in [5, 5.41) is 16.8. The van der Waals surface area contributed by atoms with Crippen LogP contribution in [0.2, 0.25) is 0 Å². The van der Waals surface area contributed by atoms with Crippen LogP contribution in [-0.2, 0) is 9.59 Å². The van der Waals surface area contributed by atoms with Gasteiger partial charge in [0.25, 0.3) is 11.8 Å². The number of aryl methyl sites for hydroxylation is 1. The summed E-state index contributed by atoms with van der Waals surface area (Å²) in [5.41, 5.74) is 3.39. The van der Waals surface area contributed by atoms with E-state index in [2.05, 4.69) is 10.6 Å². The maximum Gasteiger partial charge on any atom is 0.280 e. The summed E-state index contributed by atoms with van der Waals surface area (Å²) in [5.74, 6) is -0.371. The van der Waals surface area contributed by atoms with Gasteiger partial charge >= 0.3 is 0 Å². The van der Waals surface area contributed by atoms with E-state index >= 15 is 0 Å². The van der Waals surface area contributed by atoms with Crippen molar-refractivity contribution in [1.29, 1.82) is 5.26 Å². The lowest BCUT2D eigenvalue weighted by Crippen LogP contribution is -3.11. The second-order valence-corrected chi connectivity index (χ2v) is 6.85. The number of anilines is 2. The van der Waals surface area contributed by atoms with E-state index in [9.17, 15) is 9.59 Å². The lowest BCUT2D eigenvalue weighted by Gasteiger charge is -2.15. The molecule has 2 aromatic rings. The SMILES string of the molecule is Cc1cccc(NC(=O)C[NH+](C)CC(=O)Nc2sccc2C#N)c1C. The van der Waals surface area contributed by atoms with Crippen molar-refractivity contribution in [3.63, 3.8) is 0 Å². The Bertz CT molecular complexity index is 823. The highest BCUT2D eigenvalue weighted by atomic mass is 32.1. The minimum absolute atomic E-state index is 0.142. The molecule has 0 aliphatic carbocycles. The van der Waals surface area contributed by atoms with Crippen LogP contribution in [0.1, 0.15) is 16.7 Å². The van der Waals surface area contributed by atoms with Gasteiger partial charge in [-0.1, -0.05) is 12.1 Å². The maximum atomic E-state index is 12.2. The number of amides is 2. The van der Waals surface area contributed by atoms with Gasteiger partial charge in [0.1, 0.15) is 11.1 Å².